The number of carbonyl (C=O) groups is 1. The van der Waals surface area contributed by atoms with E-state index in [-0.39, 0.29) is 12.4 Å². The quantitative estimate of drug-likeness (QED) is 0.827. The summed E-state index contributed by atoms with van der Waals surface area (Å²) in [5, 5.41) is 20.0. The van der Waals surface area contributed by atoms with Crippen molar-refractivity contribution in [1.29, 1.82) is 0 Å². The van der Waals surface area contributed by atoms with Crippen molar-refractivity contribution in [3.05, 3.63) is 26.5 Å². The number of allylic oxidation sites excluding steroid dienone is 2. The minimum Gasteiger partial charge on any atom is -0.493 e. The fraction of sp³-hybridized carbons (Fsp3) is 0.333. The van der Waals surface area contributed by atoms with E-state index in [4.69, 9.17) is 17.3 Å². The predicted molar refractivity (Wildman–Crippen MR) is 84.6 cm³/mol. The summed E-state index contributed by atoms with van der Waals surface area (Å²) >= 11 is 7.98. The summed E-state index contributed by atoms with van der Waals surface area (Å²) in [6, 6.07) is 0. The molecule has 5 nitrogen and oxygen atoms in total. The molecule has 0 spiro atoms. The van der Waals surface area contributed by atoms with Gasteiger partial charge in [-0.2, -0.15) is 0 Å². The molecule has 0 atom stereocenters. The Morgan fingerprint density at radius 3 is 2.85 bits per heavy atom. The third kappa shape index (κ3) is 3.08. The van der Waals surface area contributed by atoms with Gasteiger partial charge in [-0.15, -0.1) is 23.1 Å². The van der Waals surface area contributed by atoms with E-state index < -0.39 is 5.97 Å². The van der Waals surface area contributed by atoms with Crippen LogP contribution in [0.15, 0.2) is 17.7 Å². The van der Waals surface area contributed by atoms with Crippen molar-refractivity contribution in [2.75, 3.05) is 19.3 Å². The van der Waals surface area contributed by atoms with Crippen molar-refractivity contribution in [2.45, 2.75) is 6.54 Å². The van der Waals surface area contributed by atoms with E-state index in [1.807, 2.05) is 13.1 Å². The first kappa shape index (κ1) is 15.1. The van der Waals surface area contributed by atoms with E-state index >= 15 is 0 Å². The van der Waals surface area contributed by atoms with Crippen LogP contribution in [0.3, 0.4) is 0 Å². The SMILES string of the molecule is C=C(C=C1SCCN1C)c1sc(=S)n(CC(=O)O)c1O. The smallest absolute Gasteiger partial charge is 0.323 e. The molecule has 0 unspecified atom stereocenters. The Labute approximate surface area is 129 Å². The second kappa shape index (κ2) is 6.02. The second-order valence-corrected chi connectivity index (χ2v) is 7.04. The van der Waals surface area contributed by atoms with E-state index in [2.05, 4.69) is 11.5 Å². The maximum absolute atomic E-state index is 10.8. The van der Waals surface area contributed by atoms with Gasteiger partial charge in [-0.05, 0) is 23.9 Å². The number of aromatic hydroxyl groups is 1. The maximum Gasteiger partial charge on any atom is 0.323 e. The zero-order chi connectivity index (χ0) is 14.9. The summed E-state index contributed by atoms with van der Waals surface area (Å²) in [4.78, 5) is 13.4. The van der Waals surface area contributed by atoms with E-state index in [1.54, 1.807) is 11.8 Å². The topological polar surface area (TPSA) is 65.7 Å². The van der Waals surface area contributed by atoms with E-state index in [1.165, 1.54) is 15.9 Å². The molecule has 20 heavy (non-hydrogen) atoms. The lowest BCUT2D eigenvalue weighted by molar-refractivity contribution is -0.137. The van der Waals surface area contributed by atoms with Gasteiger partial charge in [0.05, 0.1) is 9.91 Å². The van der Waals surface area contributed by atoms with Crippen molar-refractivity contribution < 1.29 is 15.0 Å². The molecular weight excluding hydrogens is 316 g/mol. The number of carboxylic acid groups (broad SMARTS) is 1. The molecule has 0 aromatic carbocycles. The molecule has 2 heterocycles. The van der Waals surface area contributed by atoms with Crippen LogP contribution in [0, 0.1) is 3.95 Å². The molecule has 0 radical (unpaired) electrons. The molecule has 0 aliphatic carbocycles. The van der Waals surface area contributed by atoms with Crippen LogP contribution in [0.5, 0.6) is 5.88 Å². The Hall–Kier alpha value is -1.25. The standard InChI is InChI=1S/C12H14N2O3S3/c1-7(5-8-13(2)3-4-19-8)10-11(17)14(6-9(15)16)12(18)20-10/h5,17H,1,3-4,6H2,2H3,(H,15,16). The molecular formula is C12H14N2O3S3. The number of nitrogens with zero attached hydrogens (tertiary/aromatic N) is 2. The minimum absolute atomic E-state index is 0.130. The van der Waals surface area contributed by atoms with Gasteiger partial charge in [0.25, 0.3) is 0 Å². The highest BCUT2D eigenvalue weighted by molar-refractivity contribution is 8.03. The largest absolute Gasteiger partial charge is 0.493 e. The molecule has 0 saturated carbocycles. The molecule has 1 aliphatic heterocycles. The molecule has 1 aromatic rings. The van der Waals surface area contributed by atoms with Crippen molar-refractivity contribution in [2.24, 2.45) is 0 Å². The molecule has 2 N–H and O–H groups in total. The third-order valence-electron chi connectivity index (χ3n) is 2.80. The molecule has 2 rings (SSSR count). The normalized spacial score (nSPS) is 16.9. The number of rotatable bonds is 4. The Kier molecular flexibility index (Phi) is 4.56. The van der Waals surface area contributed by atoms with Gasteiger partial charge in [0.1, 0.15) is 6.54 Å². The van der Waals surface area contributed by atoms with Gasteiger partial charge >= 0.3 is 5.97 Å². The first-order chi connectivity index (χ1) is 9.40. The lowest BCUT2D eigenvalue weighted by Gasteiger charge is -2.11. The summed E-state index contributed by atoms with van der Waals surface area (Å²) < 4.78 is 1.53. The van der Waals surface area contributed by atoms with Crippen LogP contribution >= 0.6 is 35.3 Å². The first-order valence-corrected chi connectivity index (χ1v) is 8.00. The molecule has 1 aromatic heterocycles. The van der Waals surface area contributed by atoms with Crippen LogP contribution in [-0.4, -0.2) is 45.0 Å². The lowest BCUT2D eigenvalue weighted by atomic mass is 10.2. The number of hydrogen-bond acceptors (Lipinski definition) is 6. The van der Waals surface area contributed by atoms with Gasteiger partial charge in [0.15, 0.2) is 3.95 Å². The van der Waals surface area contributed by atoms with Gasteiger partial charge in [-0.1, -0.05) is 6.58 Å². The van der Waals surface area contributed by atoms with E-state index in [0.717, 1.165) is 17.3 Å². The predicted octanol–water partition coefficient (Wildman–Crippen LogP) is 2.60. The lowest BCUT2D eigenvalue weighted by Crippen LogP contribution is -2.10. The van der Waals surface area contributed by atoms with Crippen molar-refractivity contribution in [1.82, 2.24) is 9.47 Å². The molecule has 0 bridgehead atoms. The van der Waals surface area contributed by atoms with Crippen LogP contribution in [0.2, 0.25) is 0 Å². The summed E-state index contributed by atoms with van der Waals surface area (Å²) in [6.45, 7) is 4.57. The molecule has 1 saturated heterocycles. The summed E-state index contributed by atoms with van der Waals surface area (Å²) in [5.74, 6) is -0.150. The summed E-state index contributed by atoms with van der Waals surface area (Å²) in [7, 11) is 2.00. The van der Waals surface area contributed by atoms with Crippen molar-refractivity contribution >= 4 is 46.9 Å². The highest BCUT2D eigenvalue weighted by Crippen LogP contribution is 2.35. The minimum atomic E-state index is -1.05. The molecule has 8 heteroatoms. The maximum atomic E-state index is 10.8. The Bertz CT molecular complexity index is 645. The Morgan fingerprint density at radius 2 is 2.30 bits per heavy atom. The fourth-order valence-corrected chi connectivity index (χ4v) is 4.09. The third-order valence-corrected chi connectivity index (χ3v) is 5.43. The van der Waals surface area contributed by atoms with Gasteiger partial charge in [0, 0.05) is 19.3 Å². The molecule has 0 amide bonds. The number of thioether (sulfide) groups is 1. The molecule has 1 aliphatic rings. The highest BCUT2D eigenvalue weighted by Gasteiger charge is 2.18. The second-order valence-electron chi connectivity index (χ2n) is 4.28. The number of hydrogen-bond donors (Lipinski definition) is 2. The van der Waals surface area contributed by atoms with Gasteiger partial charge in [0.2, 0.25) is 5.88 Å². The monoisotopic (exact) mass is 330 g/mol. The average Bonchev–Trinajstić information content (AvgIpc) is 2.88. The highest BCUT2D eigenvalue weighted by atomic mass is 32.2. The van der Waals surface area contributed by atoms with Crippen LogP contribution < -0.4 is 0 Å². The van der Waals surface area contributed by atoms with Crippen molar-refractivity contribution in [3.63, 3.8) is 0 Å². The molecule has 108 valence electrons. The van der Waals surface area contributed by atoms with Crippen LogP contribution in [0.25, 0.3) is 5.57 Å². The van der Waals surface area contributed by atoms with Crippen molar-refractivity contribution in [3.8, 4) is 5.88 Å². The van der Waals surface area contributed by atoms with Gasteiger partial charge in [-0.3, -0.25) is 9.36 Å². The van der Waals surface area contributed by atoms with E-state index in [9.17, 15) is 9.90 Å². The van der Waals surface area contributed by atoms with Crippen LogP contribution in [-0.2, 0) is 11.3 Å². The van der Waals surface area contributed by atoms with Gasteiger partial charge < -0.3 is 15.1 Å². The average molecular weight is 330 g/mol. The van der Waals surface area contributed by atoms with E-state index in [0.29, 0.717) is 14.4 Å². The number of aliphatic carboxylic acids is 1. The van der Waals surface area contributed by atoms with Crippen LogP contribution in [0.4, 0.5) is 0 Å². The Balaban J connectivity index is 2.32. The summed E-state index contributed by atoms with van der Waals surface area (Å²) in [6.07, 6.45) is 1.89. The molecule has 1 fully saturated rings. The summed E-state index contributed by atoms with van der Waals surface area (Å²) in [5.41, 5.74) is 0.638. The zero-order valence-corrected chi connectivity index (χ0v) is 13.3. The fourth-order valence-electron chi connectivity index (χ4n) is 1.75. The number of aromatic nitrogens is 1. The van der Waals surface area contributed by atoms with Crippen LogP contribution in [0.1, 0.15) is 4.88 Å². The number of carboxylic acids is 1. The Morgan fingerprint density at radius 1 is 1.60 bits per heavy atom. The zero-order valence-electron chi connectivity index (χ0n) is 10.8. The number of thiazole rings is 1. The first-order valence-electron chi connectivity index (χ1n) is 5.79. The van der Waals surface area contributed by atoms with Gasteiger partial charge in [-0.25, -0.2) is 0 Å².